The standard InChI is InChI=1S/C25H25N5O5/c1-34-19-8-7-17-21(22(19)35-2)25(33)30-18-6-4-3-5-16(18)24(32)29(23(17)30)12-9-20(31)27-11-14-28-13-10-26-15-28/h3-8,10,13,15,23H,9,11-12,14H2,1-2H3,(H,27,31)/t23-/m1/s1. The predicted octanol–water partition coefficient (Wildman–Crippen LogP) is 2.22. The summed E-state index contributed by atoms with van der Waals surface area (Å²) in [7, 11) is 2.99. The van der Waals surface area contributed by atoms with Crippen LogP contribution in [0, 0.1) is 0 Å². The summed E-state index contributed by atoms with van der Waals surface area (Å²) in [6, 6.07) is 10.5. The molecule has 1 N–H and O–H groups in total. The van der Waals surface area contributed by atoms with Crippen LogP contribution < -0.4 is 19.7 Å². The fourth-order valence-electron chi connectivity index (χ4n) is 4.70. The number of benzene rings is 2. The Balaban J connectivity index is 1.43. The molecule has 0 bridgehead atoms. The Kier molecular flexibility index (Phi) is 5.86. The van der Waals surface area contributed by atoms with Crippen molar-refractivity contribution in [3.8, 4) is 11.5 Å². The highest BCUT2D eigenvalue weighted by atomic mass is 16.5. The molecule has 0 fully saturated rings. The van der Waals surface area contributed by atoms with Gasteiger partial charge in [-0.15, -0.1) is 0 Å². The van der Waals surface area contributed by atoms with Crippen LogP contribution in [0.5, 0.6) is 11.5 Å². The Labute approximate surface area is 202 Å². The number of rotatable bonds is 8. The zero-order chi connectivity index (χ0) is 24.5. The summed E-state index contributed by atoms with van der Waals surface area (Å²) >= 11 is 0. The second-order valence-corrected chi connectivity index (χ2v) is 8.23. The number of carbonyl (C=O) groups excluding carboxylic acids is 3. The van der Waals surface area contributed by atoms with Crippen LogP contribution in [0.25, 0.3) is 0 Å². The molecule has 0 radical (unpaired) electrons. The summed E-state index contributed by atoms with van der Waals surface area (Å²) in [5.41, 5.74) is 1.94. The number of para-hydroxylation sites is 1. The number of methoxy groups -OCH3 is 2. The van der Waals surface area contributed by atoms with Crippen LogP contribution >= 0.6 is 0 Å². The number of hydrogen-bond acceptors (Lipinski definition) is 6. The first kappa shape index (κ1) is 22.5. The van der Waals surface area contributed by atoms with E-state index in [1.54, 1.807) is 58.7 Å². The minimum atomic E-state index is -0.682. The molecule has 3 amide bonds. The SMILES string of the molecule is COc1ccc2c(c1OC)C(=O)N1c3ccccc3C(=O)N(CCC(=O)NCCn3ccnc3)[C@@H]21. The van der Waals surface area contributed by atoms with Gasteiger partial charge in [-0.25, -0.2) is 4.98 Å². The molecule has 5 rings (SSSR count). The lowest BCUT2D eigenvalue weighted by Crippen LogP contribution is -2.49. The van der Waals surface area contributed by atoms with Gasteiger partial charge in [0, 0.05) is 44.0 Å². The molecule has 0 saturated heterocycles. The van der Waals surface area contributed by atoms with E-state index in [1.807, 2.05) is 10.8 Å². The van der Waals surface area contributed by atoms with Crippen molar-refractivity contribution < 1.29 is 23.9 Å². The minimum Gasteiger partial charge on any atom is -0.493 e. The van der Waals surface area contributed by atoms with Crippen LogP contribution in [0.2, 0.25) is 0 Å². The third-order valence-electron chi connectivity index (χ3n) is 6.31. The number of imidazole rings is 1. The Bertz CT molecular complexity index is 1290. The summed E-state index contributed by atoms with van der Waals surface area (Å²) in [4.78, 5) is 46.9. The molecule has 0 spiro atoms. The topological polar surface area (TPSA) is 106 Å². The molecule has 2 aliphatic heterocycles. The highest BCUT2D eigenvalue weighted by Crippen LogP contribution is 2.49. The number of ether oxygens (including phenoxy) is 2. The van der Waals surface area contributed by atoms with E-state index in [4.69, 9.17) is 9.47 Å². The van der Waals surface area contributed by atoms with Crippen LogP contribution in [0.1, 0.15) is 38.9 Å². The van der Waals surface area contributed by atoms with Gasteiger partial charge in [-0.2, -0.15) is 0 Å². The third-order valence-corrected chi connectivity index (χ3v) is 6.31. The van der Waals surface area contributed by atoms with E-state index in [2.05, 4.69) is 10.3 Å². The molecule has 10 nitrogen and oxygen atoms in total. The monoisotopic (exact) mass is 475 g/mol. The largest absolute Gasteiger partial charge is 0.493 e. The average molecular weight is 476 g/mol. The van der Waals surface area contributed by atoms with E-state index < -0.39 is 6.17 Å². The van der Waals surface area contributed by atoms with E-state index in [0.29, 0.717) is 47.0 Å². The van der Waals surface area contributed by atoms with Gasteiger partial charge in [0.05, 0.1) is 37.4 Å². The molecule has 0 aliphatic carbocycles. The highest BCUT2D eigenvalue weighted by Gasteiger charge is 2.49. The molecular weight excluding hydrogens is 450 g/mol. The van der Waals surface area contributed by atoms with E-state index in [1.165, 1.54) is 14.2 Å². The molecule has 3 aromatic rings. The fourth-order valence-corrected chi connectivity index (χ4v) is 4.70. The van der Waals surface area contributed by atoms with E-state index in [0.717, 1.165) is 0 Å². The van der Waals surface area contributed by atoms with E-state index >= 15 is 0 Å². The van der Waals surface area contributed by atoms with Gasteiger partial charge in [-0.3, -0.25) is 19.3 Å². The van der Waals surface area contributed by atoms with Crippen LogP contribution in [-0.2, 0) is 11.3 Å². The molecular formula is C25H25N5O5. The summed E-state index contributed by atoms with van der Waals surface area (Å²) in [6.45, 7) is 1.19. The van der Waals surface area contributed by atoms with Crippen LogP contribution in [0.4, 0.5) is 5.69 Å². The molecule has 2 aliphatic rings. The van der Waals surface area contributed by atoms with Crippen molar-refractivity contribution >= 4 is 23.4 Å². The van der Waals surface area contributed by atoms with Gasteiger partial charge in [-0.05, 0) is 18.2 Å². The minimum absolute atomic E-state index is 0.0962. The molecule has 2 aromatic carbocycles. The summed E-state index contributed by atoms with van der Waals surface area (Å²) in [6.07, 6.45) is 4.60. The summed E-state index contributed by atoms with van der Waals surface area (Å²) in [5.74, 6) is 0.0635. The average Bonchev–Trinajstić information content (AvgIpc) is 3.50. The van der Waals surface area contributed by atoms with Crippen molar-refractivity contribution in [2.75, 3.05) is 32.2 Å². The van der Waals surface area contributed by atoms with Crippen molar-refractivity contribution in [2.45, 2.75) is 19.1 Å². The summed E-state index contributed by atoms with van der Waals surface area (Å²) < 4.78 is 12.8. The van der Waals surface area contributed by atoms with Crippen molar-refractivity contribution in [2.24, 2.45) is 0 Å². The smallest absolute Gasteiger partial charge is 0.264 e. The van der Waals surface area contributed by atoms with Crippen LogP contribution in [-0.4, -0.2) is 59.5 Å². The van der Waals surface area contributed by atoms with E-state index in [-0.39, 0.29) is 30.7 Å². The zero-order valence-electron chi connectivity index (χ0n) is 19.4. The number of fused-ring (bicyclic) bond motifs is 5. The number of aromatic nitrogens is 2. The Morgan fingerprint density at radius 1 is 1.06 bits per heavy atom. The second-order valence-electron chi connectivity index (χ2n) is 8.23. The molecule has 0 unspecified atom stereocenters. The van der Waals surface area contributed by atoms with Crippen molar-refractivity contribution in [3.63, 3.8) is 0 Å². The molecule has 0 saturated carbocycles. The first-order valence-electron chi connectivity index (χ1n) is 11.3. The van der Waals surface area contributed by atoms with Gasteiger partial charge in [0.1, 0.15) is 6.17 Å². The van der Waals surface area contributed by atoms with Gasteiger partial charge >= 0.3 is 0 Å². The van der Waals surface area contributed by atoms with Crippen molar-refractivity contribution in [3.05, 3.63) is 71.8 Å². The third kappa shape index (κ3) is 3.76. The van der Waals surface area contributed by atoms with Crippen molar-refractivity contribution in [1.82, 2.24) is 19.8 Å². The number of nitrogens with zero attached hydrogens (tertiary/aromatic N) is 4. The Morgan fingerprint density at radius 2 is 1.89 bits per heavy atom. The molecule has 10 heteroatoms. The lowest BCUT2D eigenvalue weighted by molar-refractivity contribution is -0.121. The van der Waals surface area contributed by atoms with Gasteiger partial charge in [0.15, 0.2) is 11.5 Å². The number of carbonyl (C=O) groups is 3. The van der Waals surface area contributed by atoms with E-state index in [9.17, 15) is 14.4 Å². The maximum Gasteiger partial charge on any atom is 0.264 e. The number of hydrogen-bond donors (Lipinski definition) is 1. The van der Waals surface area contributed by atoms with Gasteiger partial charge < -0.3 is 24.3 Å². The lowest BCUT2D eigenvalue weighted by atomic mass is 10.0. The molecule has 3 heterocycles. The number of nitrogens with one attached hydrogen (secondary N) is 1. The zero-order valence-corrected chi connectivity index (χ0v) is 19.4. The van der Waals surface area contributed by atoms with Gasteiger partial charge in [0.2, 0.25) is 5.91 Å². The molecule has 1 atom stereocenters. The Hall–Kier alpha value is -4.34. The molecule has 35 heavy (non-hydrogen) atoms. The highest BCUT2D eigenvalue weighted by molar-refractivity contribution is 6.18. The Morgan fingerprint density at radius 3 is 2.63 bits per heavy atom. The maximum atomic E-state index is 13.7. The quantitative estimate of drug-likeness (QED) is 0.536. The van der Waals surface area contributed by atoms with Crippen LogP contribution in [0.15, 0.2) is 55.1 Å². The van der Waals surface area contributed by atoms with Crippen molar-refractivity contribution in [1.29, 1.82) is 0 Å². The van der Waals surface area contributed by atoms with Gasteiger partial charge in [-0.1, -0.05) is 18.2 Å². The molecule has 180 valence electrons. The normalized spacial score (nSPS) is 16.0. The predicted molar refractivity (Wildman–Crippen MR) is 126 cm³/mol. The fraction of sp³-hybridized carbons (Fsp3) is 0.280. The first-order valence-corrected chi connectivity index (χ1v) is 11.3. The lowest BCUT2D eigenvalue weighted by Gasteiger charge is -2.40. The maximum absolute atomic E-state index is 13.7. The number of anilines is 1. The van der Waals surface area contributed by atoms with Crippen LogP contribution in [0.3, 0.4) is 0 Å². The first-order chi connectivity index (χ1) is 17.0. The molecule has 1 aromatic heterocycles. The second kappa shape index (κ2) is 9.13. The number of amides is 3. The summed E-state index contributed by atoms with van der Waals surface area (Å²) in [5, 5.41) is 2.87. The van der Waals surface area contributed by atoms with Gasteiger partial charge in [0.25, 0.3) is 11.8 Å².